The normalized spacial score (nSPS) is 12.5. The molecule has 0 aliphatic carbocycles. The summed E-state index contributed by atoms with van der Waals surface area (Å²) in [5.41, 5.74) is 1.07. The van der Waals surface area contributed by atoms with Crippen molar-refractivity contribution in [2.24, 2.45) is 0 Å². The molecular formula is C30H40ClNO. The molecule has 0 saturated carbocycles. The Bertz CT molecular complexity index is 814. The van der Waals surface area contributed by atoms with Crippen molar-refractivity contribution < 1.29 is 4.79 Å². The van der Waals surface area contributed by atoms with E-state index in [-0.39, 0.29) is 5.91 Å². The van der Waals surface area contributed by atoms with Gasteiger partial charge in [0, 0.05) is 18.0 Å². The molecule has 0 aromatic heterocycles. The van der Waals surface area contributed by atoms with Crippen LogP contribution in [-0.2, 0) is 11.2 Å². The second kappa shape index (κ2) is 21.3. The molecule has 1 rings (SSSR count). The molecule has 0 atom stereocenters. The maximum atomic E-state index is 11.9. The van der Waals surface area contributed by atoms with E-state index in [1.807, 2.05) is 24.3 Å². The molecule has 1 amide bonds. The molecule has 0 heterocycles. The van der Waals surface area contributed by atoms with E-state index < -0.39 is 0 Å². The molecule has 1 aromatic rings. The third-order valence-corrected chi connectivity index (χ3v) is 5.18. The lowest BCUT2D eigenvalue weighted by atomic mass is 10.1. The Hall–Kier alpha value is -2.58. The number of nitrogens with one attached hydrogen (secondary N) is 1. The number of allylic oxidation sites excluding steroid dienone is 12. The lowest BCUT2D eigenvalue weighted by molar-refractivity contribution is -0.120. The van der Waals surface area contributed by atoms with Gasteiger partial charge < -0.3 is 5.32 Å². The largest absolute Gasteiger partial charge is 0.356 e. The molecule has 0 aliphatic rings. The van der Waals surface area contributed by atoms with Gasteiger partial charge in [0.1, 0.15) is 0 Å². The zero-order valence-corrected chi connectivity index (χ0v) is 20.9. The minimum Gasteiger partial charge on any atom is -0.356 e. The smallest absolute Gasteiger partial charge is 0.220 e. The van der Waals surface area contributed by atoms with Crippen LogP contribution in [0.2, 0.25) is 5.02 Å². The van der Waals surface area contributed by atoms with Crippen molar-refractivity contribution >= 4 is 17.5 Å². The summed E-state index contributed by atoms with van der Waals surface area (Å²) in [7, 11) is 0. The molecule has 33 heavy (non-hydrogen) atoms. The fourth-order valence-electron chi connectivity index (χ4n) is 2.98. The van der Waals surface area contributed by atoms with Gasteiger partial charge in [-0.3, -0.25) is 4.79 Å². The molecule has 0 fully saturated rings. The maximum absolute atomic E-state index is 11.9. The molecule has 0 bridgehead atoms. The van der Waals surface area contributed by atoms with E-state index in [0.29, 0.717) is 13.0 Å². The van der Waals surface area contributed by atoms with Crippen molar-refractivity contribution in [1.82, 2.24) is 5.32 Å². The Morgan fingerprint density at radius 2 is 1.24 bits per heavy atom. The highest BCUT2D eigenvalue weighted by molar-refractivity contribution is 6.31. The zero-order chi connectivity index (χ0) is 23.8. The number of halogens is 1. The van der Waals surface area contributed by atoms with Crippen LogP contribution in [0.1, 0.15) is 63.9 Å². The highest BCUT2D eigenvalue weighted by atomic mass is 35.5. The average Bonchev–Trinajstić information content (AvgIpc) is 2.82. The summed E-state index contributed by atoms with van der Waals surface area (Å²) in [6, 6.07) is 7.74. The van der Waals surface area contributed by atoms with E-state index in [1.54, 1.807) is 0 Å². The predicted octanol–water partition coefficient (Wildman–Crippen LogP) is 8.48. The molecule has 0 radical (unpaired) electrons. The number of carbonyl (C=O) groups is 1. The molecule has 0 aliphatic heterocycles. The van der Waals surface area contributed by atoms with Gasteiger partial charge in [0.15, 0.2) is 0 Å². The van der Waals surface area contributed by atoms with E-state index >= 15 is 0 Å². The second-order valence-electron chi connectivity index (χ2n) is 7.65. The van der Waals surface area contributed by atoms with Crippen molar-refractivity contribution in [3.63, 3.8) is 0 Å². The molecule has 0 unspecified atom stereocenters. The summed E-state index contributed by atoms with van der Waals surface area (Å²) in [5, 5.41) is 3.71. The topological polar surface area (TPSA) is 29.1 Å². The summed E-state index contributed by atoms with van der Waals surface area (Å²) in [6.45, 7) is 2.77. The molecular weight excluding hydrogens is 426 g/mol. The maximum Gasteiger partial charge on any atom is 0.220 e. The first-order chi connectivity index (χ1) is 16.2. The van der Waals surface area contributed by atoms with Crippen molar-refractivity contribution in [3.8, 4) is 0 Å². The second-order valence-corrected chi connectivity index (χ2v) is 8.05. The Kier molecular flexibility index (Phi) is 18.3. The van der Waals surface area contributed by atoms with Gasteiger partial charge in [-0.2, -0.15) is 0 Å². The number of amides is 1. The number of carbonyl (C=O) groups excluding carboxylic acids is 1. The Morgan fingerprint density at radius 3 is 1.76 bits per heavy atom. The van der Waals surface area contributed by atoms with Gasteiger partial charge in [-0.15, -0.1) is 0 Å². The standard InChI is InChI=1S/C30H40ClNO/c1-2-3-4-5-6-7-8-9-10-11-12-13-14-15-16-17-18-19-20-25-30(33)32-27-26-28-23-21-22-24-29(28)31/h3-4,6-7,9-10,12-13,15-16,18-19,21-24H,2,5,8,11,14,17,20,25-27H2,1H3,(H,32,33). The lowest BCUT2D eigenvalue weighted by Gasteiger charge is -2.05. The monoisotopic (exact) mass is 465 g/mol. The van der Waals surface area contributed by atoms with Crippen LogP contribution in [0.3, 0.4) is 0 Å². The molecule has 3 heteroatoms. The van der Waals surface area contributed by atoms with Crippen LogP contribution in [0, 0.1) is 0 Å². The van der Waals surface area contributed by atoms with Crippen LogP contribution in [0.15, 0.2) is 97.2 Å². The van der Waals surface area contributed by atoms with Gasteiger partial charge in [-0.1, -0.05) is 110 Å². The van der Waals surface area contributed by atoms with Gasteiger partial charge >= 0.3 is 0 Å². The first-order valence-corrected chi connectivity index (χ1v) is 12.5. The zero-order valence-electron chi connectivity index (χ0n) is 20.1. The minimum absolute atomic E-state index is 0.0848. The van der Waals surface area contributed by atoms with Gasteiger partial charge in [-0.05, 0) is 63.0 Å². The number of benzene rings is 1. The summed E-state index contributed by atoms with van der Waals surface area (Å²) < 4.78 is 0. The van der Waals surface area contributed by atoms with Crippen molar-refractivity contribution in [1.29, 1.82) is 0 Å². The third-order valence-electron chi connectivity index (χ3n) is 4.81. The molecule has 1 aromatic carbocycles. The predicted molar refractivity (Wildman–Crippen MR) is 146 cm³/mol. The van der Waals surface area contributed by atoms with Crippen LogP contribution in [-0.4, -0.2) is 12.5 Å². The van der Waals surface area contributed by atoms with E-state index in [4.69, 9.17) is 11.6 Å². The molecule has 2 nitrogen and oxygen atoms in total. The third kappa shape index (κ3) is 17.6. The Labute approximate surface area is 206 Å². The van der Waals surface area contributed by atoms with E-state index in [0.717, 1.165) is 62.0 Å². The fourth-order valence-corrected chi connectivity index (χ4v) is 3.21. The number of hydrogen-bond donors (Lipinski definition) is 1. The van der Waals surface area contributed by atoms with E-state index in [1.165, 1.54) is 0 Å². The SMILES string of the molecule is CCC=CCC=CCC=CCC=CCC=CCC=CCCC(=O)NCCc1ccccc1Cl. The van der Waals surface area contributed by atoms with Crippen LogP contribution >= 0.6 is 11.6 Å². The van der Waals surface area contributed by atoms with Crippen LogP contribution in [0.25, 0.3) is 0 Å². The number of hydrogen-bond acceptors (Lipinski definition) is 1. The average molecular weight is 466 g/mol. The van der Waals surface area contributed by atoms with Gasteiger partial charge in [0.25, 0.3) is 0 Å². The quantitative estimate of drug-likeness (QED) is 0.229. The Balaban J connectivity index is 1.98. The van der Waals surface area contributed by atoms with E-state index in [2.05, 4.69) is 85.2 Å². The summed E-state index contributed by atoms with van der Waals surface area (Å²) in [6.07, 6.45) is 34.2. The highest BCUT2D eigenvalue weighted by Crippen LogP contribution is 2.14. The minimum atomic E-state index is 0.0848. The van der Waals surface area contributed by atoms with E-state index in [9.17, 15) is 4.79 Å². The van der Waals surface area contributed by atoms with Crippen molar-refractivity contribution in [3.05, 3.63) is 108 Å². The number of rotatable bonds is 17. The van der Waals surface area contributed by atoms with Gasteiger partial charge in [0.05, 0.1) is 0 Å². The van der Waals surface area contributed by atoms with Crippen LogP contribution < -0.4 is 5.32 Å². The molecule has 0 spiro atoms. The van der Waals surface area contributed by atoms with Crippen LogP contribution in [0.4, 0.5) is 0 Å². The molecule has 0 saturated heterocycles. The fraction of sp³-hybridized carbons (Fsp3) is 0.367. The first kappa shape index (κ1) is 28.5. The van der Waals surface area contributed by atoms with Gasteiger partial charge in [-0.25, -0.2) is 0 Å². The van der Waals surface area contributed by atoms with Crippen molar-refractivity contribution in [2.75, 3.05) is 6.54 Å². The molecule has 178 valence electrons. The van der Waals surface area contributed by atoms with Crippen molar-refractivity contribution in [2.45, 2.75) is 64.7 Å². The lowest BCUT2D eigenvalue weighted by Crippen LogP contribution is -2.25. The Morgan fingerprint density at radius 1 is 0.758 bits per heavy atom. The highest BCUT2D eigenvalue weighted by Gasteiger charge is 2.01. The van der Waals surface area contributed by atoms with Gasteiger partial charge in [0.2, 0.25) is 5.91 Å². The first-order valence-electron chi connectivity index (χ1n) is 12.1. The summed E-state index contributed by atoms with van der Waals surface area (Å²) in [5.74, 6) is 0.0848. The summed E-state index contributed by atoms with van der Waals surface area (Å²) in [4.78, 5) is 11.9. The van der Waals surface area contributed by atoms with Crippen LogP contribution in [0.5, 0.6) is 0 Å². The summed E-state index contributed by atoms with van der Waals surface area (Å²) >= 11 is 6.12. The molecule has 1 N–H and O–H groups in total.